The summed E-state index contributed by atoms with van der Waals surface area (Å²) >= 11 is 0. The Kier molecular flexibility index (Phi) is 7.24. The van der Waals surface area contributed by atoms with E-state index >= 15 is 0 Å². The summed E-state index contributed by atoms with van der Waals surface area (Å²) < 4.78 is 10.1. The lowest BCUT2D eigenvalue weighted by Gasteiger charge is -2.24. The van der Waals surface area contributed by atoms with Gasteiger partial charge in [0.25, 0.3) is 0 Å². The van der Waals surface area contributed by atoms with Gasteiger partial charge in [-0.2, -0.15) is 0 Å². The van der Waals surface area contributed by atoms with Crippen molar-refractivity contribution in [1.82, 2.24) is 0 Å². The predicted molar refractivity (Wildman–Crippen MR) is 57.7 cm³/mol. The van der Waals surface area contributed by atoms with E-state index in [1.165, 1.54) is 0 Å². The first-order chi connectivity index (χ1) is 7.41. The van der Waals surface area contributed by atoms with E-state index in [1.807, 2.05) is 13.8 Å². The highest BCUT2D eigenvalue weighted by Gasteiger charge is 2.21. The van der Waals surface area contributed by atoms with Crippen molar-refractivity contribution in [3.8, 4) is 0 Å². The molecule has 6 heteroatoms. The van der Waals surface area contributed by atoms with Gasteiger partial charge in [0.1, 0.15) is 6.10 Å². The zero-order valence-electron chi connectivity index (χ0n) is 9.81. The number of nitrogens with two attached hydrogens (primary N) is 1. The maximum atomic E-state index is 10.8. The number of aliphatic hydroxyl groups is 2. The first-order valence-corrected chi connectivity index (χ1v) is 5.13. The number of hydrogen-bond donors (Lipinski definition) is 3. The summed E-state index contributed by atoms with van der Waals surface area (Å²) in [5.74, 6) is -0.455. The summed E-state index contributed by atoms with van der Waals surface area (Å²) in [6.07, 6.45) is -0.873. The van der Waals surface area contributed by atoms with Crippen molar-refractivity contribution in [2.75, 3.05) is 33.0 Å². The molecule has 4 N–H and O–H groups in total. The van der Waals surface area contributed by atoms with Gasteiger partial charge in [0, 0.05) is 5.41 Å². The highest BCUT2D eigenvalue weighted by molar-refractivity contribution is 5.71. The van der Waals surface area contributed by atoms with E-state index in [4.69, 9.17) is 25.4 Å². The Bertz CT molecular complexity index is 207. The van der Waals surface area contributed by atoms with Gasteiger partial charge in [0.15, 0.2) is 0 Å². The van der Waals surface area contributed by atoms with Gasteiger partial charge in [0.2, 0.25) is 0 Å². The zero-order valence-corrected chi connectivity index (χ0v) is 9.81. The number of aliphatic hydroxyl groups excluding tert-OH is 2. The molecule has 0 aliphatic rings. The molecule has 0 aromatic rings. The average Bonchev–Trinajstić information content (AvgIpc) is 2.25. The number of esters is 1. The molecule has 0 saturated heterocycles. The van der Waals surface area contributed by atoms with Crippen LogP contribution in [0.15, 0.2) is 0 Å². The third-order valence-corrected chi connectivity index (χ3v) is 1.80. The molecule has 0 fully saturated rings. The van der Waals surface area contributed by atoms with Crippen LogP contribution in [0.3, 0.4) is 0 Å². The third kappa shape index (κ3) is 7.58. The first-order valence-electron chi connectivity index (χ1n) is 5.13. The van der Waals surface area contributed by atoms with Gasteiger partial charge in [-0.25, -0.2) is 0 Å². The summed E-state index contributed by atoms with van der Waals surface area (Å²) in [5, 5.41) is 17.6. The van der Waals surface area contributed by atoms with Gasteiger partial charge in [-0.3, -0.25) is 4.79 Å². The Morgan fingerprint density at radius 2 is 2.06 bits per heavy atom. The molecule has 0 radical (unpaired) electrons. The molecule has 0 amide bonds. The number of hydrogen-bond acceptors (Lipinski definition) is 6. The maximum Gasteiger partial charge on any atom is 0.319 e. The second kappa shape index (κ2) is 7.56. The lowest BCUT2D eigenvalue weighted by molar-refractivity contribution is -0.146. The van der Waals surface area contributed by atoms with E-state index in [9.17, 15) is 4.79 Å². The quantitative estimate of drug-likeness (QED) is 0.461. The molecule has 1 unspecified atom stereocenters. The van der Waals surface area contributed by atoms with E-state index in [0.29, 0.717) is 6.61 Å². The predicted octanol–water partition coefficient (Wildman–Crippen LogP) is -1.12. The molecule has 0 saturated carbocycles. The zero-order chi connectivity index (χ0) is 12.6. The fourth-order valence-corrected chi connectivity index (χ4v) is 0.900. The largest absolute Gasteiger partial charge is 0.464 e. The van der Waals surface area contributed by atoms with Gasteiger partial charge >= 0.3 is 5.97 Å². The standard InChI is InChI=1S/C10H21NO5/c1-10(2,7-16-9(14)3-11)6-15-5-8(13)4-12/h8,12-13H,3-7,11H2,1-2H3. The molecule has 6 nitrogen and oxygen atoms in total. The van der Waals surface area contributed by atoms with E-state index in [0.717, 1.165) is 0 Å². The molecular weight excluding hydrogens is 214 g/mol. The average molecular weight is 235 g/mol. The van der Waals surface area contributed by atoms with Crippen molar-refractivity contribution in [2.45, 2.75) is 20.0 Å². The SMILES string of the molecule is CC(C)(COCC(O)CO)COC(=O)CN. The molecule has 0 aliphatic carbocycles. The highest BCUT2D eigenvalue weighted by Crippen LogP contribution is 2.15. The lowest BCUT2D eigenvalue weighted by atomic mass is 9.96. The Morgan fingerprint density at radius 1 is 1.44 bits per heavy atom. The molecule has 16 heavy (non-hydrogen) atoms. The summed E-state index contributed by atoms with van der Waals surface area (Å²) in [5.41, 5.74) is 4.75. The van der Waals surface area contributed by atoms with Crippen LogP contribution in [0.25, 0.3) is 0 Å². The summed E-state index contributed by atoms with van der Waals surface area (Å²) in [4.78, 5) is 10.8. The Labute approximate surface area is 95.3 Å². The minimum absolute atomic E-state index is 0.0603. The van der Waals surface area contributed by atoms with Gasteiger partial charge in [0.05, 0.1) is 33.0 Å². The van der Waals surface area contributed by atoms with Crippen LogP contribution in [0.2, 0.25) is 0 Å². The topological polar surface area (TPSA) is 102 Å². The molecule has 0 spiro atoms. The summed E-state index contributed by atoms with van der Waals surface area (Å²) in [7, 11) is 0. The second-order valence-electron chi connectivity index (χ2n) is 4.38. The molecule has 96 valence electrons. The van der Waals surface area contributed by atoms with Crippen LogP contribution in [-0.2, 0) is 14.3 Å². The number of rotatable bonds is 8. The molecule has 0 aromatic heterocycles. The Hall–Kier alpha value is -0.690. The van der Waals surface area contributed by atoms with Gasteiger partial charge in [-0.1, -0.05) is 13.8 Å². The minimum atomic E-state index is -0.873. The van der Waals surface area contributed by atoms with Gasteiger partial charge in [-0.05, 0) is 0 Å². The summed E-state index contributed by atoms with van der Waals surface area (Å²) in [6.45, 7) is 3.85. The molecule has 0 aromatic carbocycles. The fraction of sp³-hybridized carbons (Fsp3) is 0.900. The normalized spacial score (nSPS) is 13.6. The molecule has 0 heterocycles. The van der Waals surface area contributed by atoms with Crippen LogP contribution >= 0.6 is 0 Å². The second-order valence-corrected chi connectivity index (χ2v) is 4.38. The van der Waals surface area contributed by atoms with Crippen molar-refractivity contribution in [3.05, 3.63) is 0 Å². The van der Waals surface area contributed by atoms with E-state index in [-0.39, 0.29) is 31.8 Å². The van der Waals surface area contributed by atoms with Crippen LogP contribution < -0.4 is 5.73 Å². The van der Waals surface area contributed by atoms with Crippen LogP contribution in [0, 0.1) is 5.41 Å². The smallest absolute Gasteiger partial charge is 0.319 e. The molecule has 0 bridgehead atoms. The fourth-order valence-electron chi connectivity index (χ4n) is 0.900. The van der Waals surface area contributed by atoms with Crippen molar-refractivity contribution in [3.63, 3.8) is 0 Å². The third-order valence-electron chi connectivity index (χ3n) is 1.80. The Morgan fingerprint density at radius 3 is 2.56 bits per heavy atom. The van der Waals surface area contributed by atoms with E-state index < -0.39 is 12.1 Å². The van der Waals surface area contributed by atoms with Crippen LogP contribution in [-0.4, -0.2) is 55.3 Å². The van der Waals surface area contributed by atoms with E-state index in [2.05, 4.69) is 0 Å². The van der Waals surface area contributed by atoms with Crippen LogP contribution in [0.5, 0.6) is 0 Å². The monoisotopic (exact) mass is 235 g/mol. The van der Waals surface area contributed by atoms with Crippen LogP contribution in [0.4, 0.5) is 0 Å². The van der Waals surface area contributed by atoms with Gasteiger partial charge < -0.3 is 25.4 Å². The number of ether oxygens (including phenoxy) is 2. The van der Waals surface area contributed by atoms with Crippen molar-refractivity contribution >= 4 is 5.97 Å². The first kappa shape index (κ1) is 15.3. The highest BCUT2D eigenvalue weighted by atomic mass is 16.5. The molecule has 0 rings (SSSR count). The van der Waals surface area contributed by atoms with Crippen molar-refractivity contribution < 1.29 is 24.5 Å². The summed E-state index contributed by atoms with van der Waals surface area (Å²) in [6, 6.07) is 0. The van der Waals surface area contributed by atoms with E-state index in [1.54, 1.807) is 0 Å². The minimum Gasteiger partial charge on any atom is -0.464 e. The number of carbonyl (C=O) groups excluding carboxylic acids is 1. The Balaban J connectivity index is 3.73. The lowest BCUT2D eigenvalue weighted by Crippen LogP contribution is -2.31. The maximum absolute atomic E-state index is 10.8. The van der Waals surface area contributed by atoms with Crippen LogP contribution in [0.1, 0.15) is 13.8 Å². The van der Waals surface area contributed by atoms with Gasteiger partial charge in [-0.15, -0.1) is 0 Å². The van der Waals surface area contributed by atoms with Crippen molar-refractivity contribution in [1.29, 1.82) is 0 Å². The molecule has 1 atom stereocenters. The molecule has 0 aliphatic heterocycles. The number of carbonyl (C=O) groups is 1. The van der Waals surface area contributed by atoms with Crippen molar-refractivity contribution in [2.24, 2.45) is 11.1 Å². The molecular formula is C10H21NO5.